The lowest BCUT2D eigenvalue weighted by atomic mass is 9.92. The molecule has 0 aromatic carbocycles. The average Bonchev–Trinajstić information content (AvgIpc) is 3.07. The van der Waals surface area contributed by atoms with Gasteiger partial charge in [-0.1, -0.05) is 19.0 Å². The van der Waals surface area contributed by atoms with Crippen LogP contribution in [0.15, 0.2) is 4.52 Å². The molecule has 1 aromatic rings. The molecular weight excluding hydrogens is 270 g/mol. The van der Waals surface area contributed by atoms with E-state index >= 15 is 0 Å². The third-order valence-corrected chi connectivity index (χ3v) is 4.50. The van der Waals surface area contributed by atoms with Crippen molar-refractivity contribution in [3.8, 4) is 0 Å². The summed E-state index contributed by atoms with van der Waals surface area (Å²) in [5, 5.41) is 3.95. The topological polar surface area (TPSA) is 68.5 Å². The summed E-state index contributed by atoms with van der Waals surface area (Å²) >= 11 is 0. The lowest BCUT2D eigenvalue weighted by molar-refractivity contribution is -0.131. The maximum Gasteiger partial charge on any atom is 0.246 e. The fraction of sp³-hybridized carbons (Fsp3) is 0.800. The minimum absolute atomic E-state index is 0.0671. The Kier molecular flexibility index (Phi) is 3.97. The number of ether oxygens (including phenoxy) is 1. The molecule has 3 rings (SSSR count). The largest absolute Gasteiger partial charge is 0.375 e. The van der Waals surface area contributed by atoms with Crippen LogP contribution in [0.3, 0.4) is 0 Å². The standard InChI is InChI=1S/C15H23N3O3/c1-11(2)14-16-12(21-17-14)10-18-8-7-15(5-3-9-20-15)6-4-13(18)19/h11H,3-10H2,1-2H3/t15-/m1/s1. The molecule has 1 aromatic heterocycles. The van der Waals surface area contributed by atoms with Gasteiger partial charge in [0.25, 0.3) is 0 Å². The summed E-state index contributed by atoms with van der Waals surface area (Å²) in [6.07, 6.45) is 4.47. The second-order valence-electron chi connectivity index (χ2n) is 6.40. The molecular formula is C15H23N3O3. The number of rotatable bonds is 3. The highest BCUT2D eigenvalue weighted by Gasteiger charge is 2.38. The molecule has 0 N–H and O–H groups in total. The van der Waals surface area contributed by atoms with Crippen molar-refractivity contribution >= 4 is 5.91 Å². The van der Waals surface area contributed by atoms with Crippen LogP contribution in [0.25, 0.3) is 0 Å². The Morgan fingerprint density at radius 1 is 1.33 bits per heavy atom. The number of hydrogen-bond acceptors (Lipinski definition) is 5. The van der Waals surface area contributed by atoms with E-state index in [0.717, 1.165) is 32.3 Å². The van der Waals surface area contributed by atoms with Crippen LogP contribution in [0.2, 0.25) is 0 Å². The smallest absolute Gasteiger partial charge is 0.246 e. The van der Waals surface area contributed by atoms with Gasteiger partial charge in [-0.3, -0.25) is 4.79 Å². The molecule has 2 saturated heterocycles. The molecule has 2 aliphatic heterocycles. The van der Waals surface area contributed by atoms with Crippen LogP contribution < -0.4 is 0 Å². The van der Waals surface area contributed by atoms with Crippen LogP contribution in [0.4, 0.5) is 0 Å². The fourth-order valence-electron chi connectivity index (χ4n) is 3.13. The van der Waals surface area contributed by atoms with Gasteiger partial charge in [0.15, 0.2) is 5.82 Å². The van der Waals surface area contributed by atoms with Crippen molar-refractivity contribution in [2.45, 2.75) is 64.0 Å². The molecule has 2 aliphatic rings. The Balaban J connectivity index is 1.65. The number of carbonyl (C=O) groups excluding carboxylic acids is 1. The first kappa shape index (κ1) is 14.5. The zero-order chi connectivity index (χ0) is 14.9. The molecule has 1 spiro atoms. The zero-order valence-electron chi connectivity index (χ0n) is 12.8. The van der Waals surface area contributed by atoms with E-state index in [0.29, 0.717) is 31.2 Å². The monoisotopic (exact) mass is 293 g/mol. The molecule has 21 heavy (non-hydrogen) atoms. The van der Waals surface area contributed by atoms with Crippen molar-refractivity contribution < 1.29 is 14.1 Å². The quantitative estimate of drug-likeness (QED) is 0.855. The molecule has 3 heterocycles. The van der Waals surface area contributed by atoms with E-state index in [1.807, 2.05) is 18.7 Å². The second-order valence-corrected chi connectivity index (χ2v) is 6.40. The number of amides is 1. The van der Waals surface area contributed by atoms with Crippen LogP contribution >= 0.6 is 0 Å². The molecule has 0 radical (unpaired) electrons. The molecule has 1 amide bonds. The summed E-state index contributed by atoms with van der Waals surface area (Å²) in [6.45, 7) is 5.99. The molecule has 0 bridgehead atoms. The van der Waals surface area contributed by atoms with Crippen LogP contribution in [-0.2, 0) is 16.1 Å². The van der Waals surface area contributed by atoms with Gasteiger partial charge in [-0.25, -0.2) is 0 Å². The Morgan fingerprint density at radius 3 is 2.86 bits per heavy atom. The minimum Gasteiger partial charge on any atom is -0.375 e. The SMILES string of the molecule is CC(C)c1noc(CN2CC[C@@]3(CCCO3)CCC2=O)n1. The van der Waals surface area contributed by atoms with Crippen molar-refractivity contribution in [1.29, 1.82) is 0 Å². The second kappa shape index (κ2) is 5.75. The number of aromatic nitrogens is 2. The van der Waals surface area contributed by atoms with E-state index in [1.54, 1.807) is 0 Å². The molecule has 0 unspecified atom stereocenters. The molecule has 0 saturated carbocycles. The van der Waals surface area contributed by atoms with Gasteiger partial charge in [-0.05, 0) is 25.7 Å². The summed E-state index contributed by atoms with van der Waals surface area (Å²) in [4.78, 5) is 18.5. The van der Waals surface area contributed by atoms with E-state index in [2.05, 4.69) is 10.1 Å². The van der Waals surface area contributed by atoms with Crippen LogP contribution in [-0.4, -0.2) is 39.7 Å². The fourth-order valence-corrected chi connectivity index (χ4v) is 3.13. The van der Waals surface area contributed by atoms with Crippen molar-refractivity contribution in [2.24, 2.45) is 0 Å². The van der Waals surface area contributed by atoms with Crippen LogP contribution in [0, 0.1) is 0 Å². The van der Waals surface area contributed by atoms with Gasteiger partial charge in [0.2, 0.25) is 11.8 Å². The Bertz CT molecular complexity index is 506. The van der Waals surface area contributed by atoms with Crippen molar-refractivity contribution in [2.75, 3.05) is 13.2 Å². The van der Waals surface area contributed by atoms with Gasteiger partial charge < -0.3 is 14.2 Å². The number of carbonyl (C=O) groups is 1. The predicted octanol–water partition coefficient (Wildman–Crippen LogP) is 2.25. The number of likely N-dealkylation sites (tertiary alicyclic amines) is 1. The Labute approximate surface area is 124 Å². The van der Waals surface area contributed by atoms with Gasteiger partial charge in [-0.15, -0.1) is 0 Å². The normalized spacial score (nSPS) is 26.8. The Morgan fingerprint density at radius 2 is 2.19 bits per heavy atom. The molecule has 116 valence electrons. The van der Waals surface area contributed by atoms with Crippen molar-refractivity contribution in [3.05, 3.63) is 11.7 Å². The van der Waals surface area contributed by atoms with Gasteiger partial charge in [0, 0.05) is 25.5 Å². The first-order valence-electron chi connectivity index (χ1n) is 7.82. The predicted molar refractivity (Wildman–Crippen MR) is 75.6 cm³/mol. The maximum atomic E-state index is 12.3. The molecule has 6 nitrogen and oxygen atoms in total. The summed E-state index contributed by atoms with van der Waals surface area (Å²) in [7, 11) is 0. The van der Waals surface area contributed by atoms with E-state index < -0.39 is 0 Å². The maximum absolute atomic E-state index is 12.3. The van der Waals surface area contributed by atoms with Crippen LogP contribution in [0.5, 0.6) is 0 Å². The summed E-state index contributed by atoms with van der Waals surface area (Å²) in [5.74, 6) is 1.61. The van der Waals surface area contributed by atoms with Gasteiger partial charge in [0.05, 0.1) is 12.1 Å². The summed E-state index contributed by atoms with van der Waals surface area (Å²) < 4.78 is 11.2. The highest BCUT2D eigenvalue weighted by molar-refractivity contribution is 5.76. The highest BCUT2D eigenvalue weighted by Crippen LogP contribution is 2.36. The highest BCUT2D eigenvalue weighted by atomic mass is 16.5. The first-order valence-corrected chi connectivity index (χ1v) is 7.82. The van der Waals surface area contributed by atoms with Gasteiger partial charge in [0.1, 0.15) is 0 Å². The minimum atomic E-state index is -0.0671. The number of hydrogen-bond donors (Lipinski definition) is 0. The summed E-state index contributed by atoms with van der Waals surface area (Å²) in [5.41, 5.74) is -0.0671. The van der Waals surface area contributed by atoms with Crippen molar-refractivity contribution in [3.63, 3.8) is 0 Å². The lowest BCUT2D eigenvalue weighted by Gasteiger charge is -2.26. The average molecular weight is 293 g/mol. The molecule has 1 atom stereocenters. The molecule has 6 heteroatoms. The van der Waals surface area contributed by atoms with Crippen LogP contribution in [0.1, 0.15) is 63.6 Å². The van der Waals surface area contributed by atoms with E-state index in [9.17, 15) is 4.79 Å². The third kappa shape index (κ3) is 3.10. The van der Waals surface area contributed by atoms with E-state index in [1.165, 1.54) is 0 Å². The zero-order valence-corrected chi connectivity index (χ0v) is 12.8. The molecule has 2 fully saturated rings. The Hall–Kier alpha value is -1.43. The third-order valence-electron chi connectivity index (χ3n) is 4.50. The summed E-state index contributed by atoms with van der Waals surface area (Å²) in [6, 6.07) is 0. The van der Waals surface area contributed by atoms with Crippen molar-refractivity contribution in [1.82, 2.24) is 15.0 Å². The molecule has 0 aliphatic carbocycles. The lowest BCUT2D eigenvalue weighted by Crippen LogP contribution is -2.32. The van der Waals surface area contributed by atoms with E-state index in [4.69, 9.17) is 9.26 Å². The van der Waals surface area contributed by atoms with E-state index in [-0.39, 0.29) is 17.4 Å². The first-order chi connectivity index (χ1) is 10.1. The van der Waals surface area contributed by atoms with Gasteiger partial charge in [-0.2, -0.15) is 4.98 Å². The number of nitrogens with zero attached hydrogens (tertiary/aromatic N) is 3. The van der Waals surface area contributed by atoms with Gasteiger partial charge >= 0.3 is 0 Å².